The molecule has 30 heavy (non-hydrogen) atoms. The highest BCUT2D eigenvalue weighted by Crippen LogP contribution is 2.52. The zero-order chi connectivity index (χ0) is 21.6. The summed E-state index contributed by atoms with van der Waals surface area (Å²) in [5, 5.41) is 0.623. The van der Waals surface area contributed by atoms with E-state index in [1.165, 1.54) is 11.8 Å². The summed E-state index contributed by atoms with van der Waals surface area (Å²) < 4.78 is 6.29. The zero-order valence-electron chi connectivity index (χ0n) is 17.3. The molecule has 0 aliphatic carbocycles. The molecule has 156 valence electrons. The summed E-state index contributed by atoms with van der Waals surface area (Å²) >= 11 is 7.01. The molecule has 1 aromatic carbocycles. The van der Waals surface area contributed by atoms with Gasteiger partial charge >= 0.3 is 0 Å². The summed E-state index contributed by atoms with van der Waals surface area (Å²) in [6.45, 7) is 8.02. The Balaban J connectivity index is 1.74. The average molecular weight is 476 g/mol. The van der Waals surface area contributed by atoms with Gasteiger partial charge in [-0.15, -0.1) is 0 Å². The van der Waals surface area contributed by atoms with E-state index in [2.05, 4.69) is 23.8 Å². The third kappa shape index (κ3) is 3.68. The van der Waals surface area contributed by atoms with Crippen molar-refractivity contribution >= 4 is 56.3 Å². The number of hydrogen-bond acceptors (Lipinski definition) is 8. The van der Waals surface area contributed by atoms with Crippen LogP contribution >= 0.6 is 44.7 Å². The number of methoxy groups -OCH3 is 1. The van der Waals surface area contributed by atoms with E-state index >= 15 is 0 Å². The van der Waals surface area contributed by atoms with Crippen LogP contribution < -0.4 is 9.64 Å². The van der Waals surface area contributed by atoms with Crippen molar-refractivity contribution in [3.05, 3.63) is 44.4 Å². The summed E-state index contributed by atoms with van der Waals surface area (Å²) in [6.07, 6.45) is 0. The number of aromatic nitrogens is 2. The lowest BCUT2D eigenvalue weighted by Crippen LogP contribution is -2.48. The van der Waals surface area contributed by atoms with Gasteiger partial charge in [0.25, 0.3) is 0 Å². The van der Waals surface area contributed by atoms with Crippen LogP contribution in [0, 0.1) is 17.7 Å². The fourth-order valence-corrected chi connectivity index (χ4v) is 7.81. The summed E-state index contributed by atoms with van der Waals surface area (Å²) in [4.78, 5) is 25.4. The number of carbonyl (C=O) groups is 1. The molecule has 0 radical (unpaired) electrons. The van der Waals surface area contributed by atoms with Gasteiger partial charge in [0.05, 0.1) is 29.0 Å². The van der Waals surface area contributed by atoms with Crippen LogP contribution in [-0.2, 0) is 10.3 Å². The van der Waals surface area contributed by atoms with E-state index in [-0.39, 0.29) is 11.7 Å². The number of hydrogen-bond donors (Lipinski definition) is 0. The summed E-state index contributed by atoms with van der Waals surface area (Å²) in [5.41, 5.74) is 4.15. The third-order valence-corrected chi connectivity index (χ3v) is 9.16. The summed E-state index contributed by atoms with van der Waals surface area (Å²) in [5.74, 6) is 1.01. The van der Waals surface area contributed by atoms with Crippen LogP contribution in [-0.4, -0.2) is 28.7 Å². The van der Waals surface area contributed by atoms with Gasteiger partial charge in [-0.1, -0.05) is 44.7 Å². The van der Waals surface area contributed by atoms with Gasteiger partial charge < -0.3 is 9.64 Å². The Morgan fingerprint density at radius 2 is 1.90 bits per heavy atom. The maximum atomic E-state index is 13.5. The molecule has 0 saturated carbocycles. The van der Waals surface area contributed by atoms with E-state index < -0.39 is 5.54 Å². The lowest BCUT2D eigenvalue weighted by atomic mass is 9.87. The smallest absolute Gasteiger partial charge is 0.238 e. The van der Waals surface area contributed by atoms with Crippen LogP contribution in [0.3, 0.4) is 0 Å². The maximum absolute atomic E-state index is 13.5. The molecular weight excluding hydrogens is 455 g/mol. The number of ether oxygens (including phenoxy) is 1. The van der Waals surface area contributed by atoms with E-state index in [9.17, 15) is 4.79 Å². The Morgan fingerprint density at radius 1 is 1.20 bits per heavy atom. The van der Waals surface area contributed by atoms with Crippen molar-refractivity contribution in [3.63, 3.8) is 0 Å². The normalized spacial score (nSPS) is 14.2. The van der Waals surface area contributed by atoms with Crippen molar-refractivity contribution < 1.29 is 9.53 Å². The Hall–Kier alpha value is -1.81. The number of nitrogens with zero attached hydrogens (tertiary/aromatic N) is 3. The predicted molar refractivity (Wildman–Crippen MR) is 128 cm³/mol. The van der Waals surface area contributed by atoms with Crippen molar-refractivity contribution in [2.24, 2.45) is 0 Å². The van der Waals surface area contributed by atoms with E-state index in [4.69, 9.17) is 17.0 Å². The van der Waals surface area contributed by atoms with Gasteiger partial charge in [0, 0.05) is 22.5 Å². The standard InChI is InChI=1S/C21H21N3O2S4/c1-11-8-12(2)23-20(22-11)28-10-16(25)24-15-7-6-13(26-5)9-14(15)17-18(21(24,3)4)29-30-19(17)27/h6-9H,10H2,1-5H3. The molecule has 0 N–H and O–H groups in total. The number of benzene rings is 1. The lowest BCUT2D eigenvalue weighted by Gasteiger charge is -2.43. The number of fused-ring (bicyclic) bond motifs is 3. The van der Waals surface area contributed by atoms with E-state index in [1.54, 1.807) is 27.8 Å². The molecule has 0 spiro atoms. The van der Waals surface area contributed by atoms with Gasteiger partial charge in [-0.3, -0.25) is 4.79 Å². The Bertz CT molecular complexity index is 1180. The number of aryl methyl sites for hydroxylation is 2. The molecule has 2 aromatic heterocycles. The largest absolute Gasteiger partial charge is 0.497 e. The van der Waals surface area contributed by atoms with Crippen LogP contribution in [0.5, 0.6) is 5.75 Å². The first-order chi connectivity index (χ1) is 14.2. The minimum atomic E-state index is -0.504. The number of thioether (sulfide) groups is 1. The Labute approximate surface area is 192 Å². The second kappa shape index (κ2) is 8.03. The van der Waals surface area contributed by atoms with Gasteiger partial charge in [0.2, 0.25) is 5.91 Å². The Kier molecular flexibility index (Phi) is 5.73. The molecule has 3 aromatic rings. The van der Waals surface area contributed by atoms with E-state index in [0.29, 0.717) is 5.16 Å². The molecule has 0 atom stereocenters. The molecule has 1 aliphatic heterocycles. The monoisotopic (exact) mass is 475 g/mol. The fraction of sp³-hybridized carbons (Fsp3) is 0.333. The minimum Gasteiger partial charge on any atom is -0.497 e. The molecule has 0 unspecified atom stereocenters. The molecular formula is C21H21N3O2S4. The first-order valence-electron chi connectivity index (χ1n) is 9.32. The van der Waals surface area contributed by atoms with Crippen LogP contribution in [0.2, 0.25) is 0 Å². The van der Waals surface area contributed by atoms with E-state index in [1.807, 2.05) is 43.0 Å². The molecule has 4 rings (SSSR count). The van der Waals surface area contributed by atoms with Crippen LogP contribution in [0.4, 0.5) is 5.69 Å². The second-order valence-electron chi connectivity index (χ2n) is 7.55. The fourth-order valence-electron chi connectivity index (χ4n) is 3.73. The molecule has 9 heteroatoms. The van der Waals surface area contributed by atoms with Crippen molar-refractivity contribution in [2.45, 2.75) is 38.4 Å². The first-order valence-corrected chi connectivity index (χ1v) is 12.9. The minimum absolute atomic E-state index is 0.00847. The van der Waals surface area contributed by atoms with Crippen LogP contribution in [0.15, 0.2) is 29.4 Å². The van der Waals surface area contributed by atoms with Crippen molar-refractivity contribution in [2.75, 3.05) is 17.8 Å². The van der Waals surface area contributed by atoms with Gasteiger partial charge in [0.15, 0.2) is 5.16 Å². The van der Waals surface area contributed by atoms with Gasteiger partial charge in [0.1, 0.15) is 9.57 Å². The van der Waals surface area contributed by atoms with E-state index in [0.717, 1.165) is 42.7 Å². The molecule has 1 aliphatic rings. The number of amides is 1. The topological polar surface area (TPSA) is 55.3 Å². The summed E-state index contributed by atoms with van der Waals surface area (Å²) in [6, 6.07) is 7.74. The highest BCUT2D eigenvalue weighted by molar-refractivity contribution is 7.99. The van der Waals surface area contributed by atoms with Crippen LogP contribution in [0.25, 0.3) is 11.1 Å². The van der Waals surface area contributed by atoms with Crippen molar-refractivity contribution in [1.82, 2.24) is 9.97 Å². The highest BCUT2D eigenvalue weighted by atomic mass is 32.9. The molecule has 0 saturated heterocycles. The van der Waals surface area contributed by atoms with Gasteiger partial charge in [-0.25, -0.2) is 9.97 Å². The lowest BCUT2D eigenvalue weighted by molar-refractivity contribution is -0.117. The first kappa shape index (κ1) is 21.4. The quantitative estimate of drug-likeness (QED) is 0.200. The van der Waals surface area contributed by atoms with Gasteiger partial charge in [-0.05, 0) is 52.0 Å². The maximum Gasteiger partial charge on any atom is 0.238 e. The number of anilines is 1. The molecule has 5 nitrogen and oxygen atoms in total. The van der Waals surface area contributed by atoms with Crippen molar-refractivity contribution in [1.29, 1.82) is 0 Å². The van der Waals surface area contributed by atoms with Crippen molar-refractivity contribution in [3.8, 4) is 16.9 Å². The van der Waals surface area contributed by atoms with Crippen LogP contribution in [0.1, 0.15) is 30.1 Å². The highest BCUT2D eigenvalue weighted by Gasteiger charge is 2.43. The zero-order valence-corrected chi connectivity index (χ0v) is 20.6. The molecule has 0 bridgehead atoms. The molecule has 0 fully saturated rings. The average Bonchev–Trinajstić information content (AvgIpc) is 3.08. The second-order valence-corrected chi connectivity index (χ2v) is 11.3. The SMILES string of the molecule is COc1ccc2c(c1)-c1c(ssc1=S)C(C)(C)N2C(=O)CSc1nc(C)cc(C)n1. The third-order valence-electron chi connectivity index (χ3n) is 5.00. The summed E-state index contributed by atoms with van der Waals surface area (Å²) in [7, 11) is 4.87. The molecule has 3 heterocycles. The predicted octanol–water partition coefficient (Wildman–Crippen LogP) is 6.00. The van der Waals surface area contributed by atoms with Gasteiger partial charge in [-0.2, -0.15) is 0 Å². The molecule has 1 amide bonds. The number of rotatable bonds is 4. The Morgan fingerprint density at radius 3 is 2.57 bits per heavy atom. The number of carbonyl (C=O) groups excluding carboxylic acids is 1.